The van der Waals surface area contributed by atoms with Crippen molar-refractivity contribution in [1.29, 1.82) is 0 Å². The van der Waals surface area contributed by atoms with E-state index >= 15 is 0 Å². The molecule has 0 spiro atoms. The molecule has 5 aromatic rings. The number of rotatable bonds is 2. The number of pyridine rings is 2. The number of nitrogens with zero attached hydrogens (tertiary/aromatic N) is 3. The van der Waals surface area contributed by atoms with Crippen molar-refractivity contribution in [2.24, 2.45) is 7.05 Å². The highest BCUT2D eigenvalue weighted by Gasteiger charge is 2.26. The minimum absolute atomic E-state index is 1.00. The Kier molecular flexibility index (Phi) is 3.48. The first kappa shape index (κ1) is 16.2. The van der Waals surface area contributed by atoms with Gasteiger partial charge in [0.25, 0.3) is 5.65 Å². The lowest BCUT2D eigenvalue weighted by Crippen LogP contribution is -2.27. The van der Waals surface area contributed by atoms with Gasteiger partial charge >= 0.3 is 0 Å². The second-order valence-corrected chi connectivity index (χ2v) is 7.41. The van der Waals surface area contributed by atoms with Gasteiger partial charge in [-0.25, -0.2) is 4.57 Å². The van der Waals surface area contributed by atoms with Crippen LogP contribution in [0.25, 0.3) is 38.5 Å². The predicted octanol–water partition coefficient (Wildman–Crippen LogP) is 5.05. The van der Waals surface area contributed by atoms with Crippen LogP contribution in [0.1, 0.15) is 30.5 Å². The largest absolute Gasteiger partial charge is 0.297 e. The van der Waals surface area contributed by atoms with Crippen molar-refractivity contribution in [1.82, 2.24) is 9.38 Å². The molecule has 5 rings (SSSR count). The molecular formula is C24H24N3+. The molecule has 0 amide bonds. The molecule has 0 aliphatic carbocycles. The third-order valence-corrected chi connectivity index (χ3v) is 5.94. The van der Waals surface area contributed by atoms with Gasteiger partial charge in [0.15, 0.2) is 11.0 Å². The summed E-state index contributed by atoms with van der Waals surface area (Å²) in [4.78, 5) is 4.81. The van der Waals surface area contributed by atoms with Crippen LogP contribution in [0.4, 0.5) is 0 Å². The summed E-state index contributed by atoms with van der Waals surface area (Å²) in [6.07, 6.45) is 3.98. The minimum atomic E-state index is 1.00. The van der Waals surface area contributed by atoms with Crippen molar-refractivity contribution in [2.75, 3.05) is 0 Å². The lowest BCUT2D eigenvalue weighted by molar-refractivity contribution is -0.617. The maximum Gasteiger partial charge on any atom is 0.297 e. The standard InChI is InChI=1S/C24H24N3/c1-5-16-10-11-19-20(14-16)27-23-17(6-2)8-7-9-18(23)22-21(24(27)26(19)4)15(3)12-13-25-22/h7-14H,5-6H2,1-4H3/q+1. The Hall–Kier alpha value is -2.94. The fourth-order valence-electron chi connectivity index (χ4n) is 4.51. The first-order valence-electron chi connectivity index (χ1n) is 9.77. The van der Waals surface area contributed by atoms with Gasteiger partial charge < -0.3 is 0 Å². The van der Waals surface area contributed by atoms with Crippen molar-refractivity contribution >= 4 is 38.5 Å². The molecule has 0 atom stereocenters. The molecule has 0 unspecified atom stereocenters. The van der Waals surface area contributed by atoms with Crippen LogP contribution in [-0.4, -0.2) is 9.38 Å². The highest BCUT2D eigenvalue weighted by molar-refractivity contribution is 6.12. The Morgan fingerprint density at radius 2 is 1.89 bits per heavy atom. The monoisotopic (exact) mass is 354 g/mol. The second kappa shape index (κ2) is 5.78. The van der Waals surface area contributed by atoms with Gasteiger partial charge in [0.05, 0.1) is 18.0 Å². The van der Waals surface area contributed by atoms with Crippen molar-refractivity contribution in [3.8, 4) is 0 Å². The molecular weight excluding hydrogens is 330 g/mol. The predicted molar refractivity (Wildman–Crippen MR) is 112 cm³/mol. The number of imidazole rings is 1. The van der Waals surface area contributed by atoms with Gasteiger partial charge in [-0.05, 0) is 60.7 Å². The lowest BCUT2D eigenvalue weighted by atomic mass is 10.0. The number of fused-ring (bicyclic) bond motifs is 8. The molecule has 0 saturated carbocycles. The molecule has 0 aliphatic rings. The van der Waals surface area contributed by atoms with Gasteiger partial charge in [0, 0.05) is 11.6 Å². The summed E-state index contributed by atoms with van der Waals surface area (Å²) in [7, 11) is 2.18. The van der Waals surface area contributed by atoms with Crippen molar-refractivity contribution in [3.05, 3.63) is 65.4 Å². The zero-order valence-corrected chi connectivity index (χ0v) is 16.4. The Morgan fingerprint density at radius 1 is 1.04 bits per heavy atom. The van der Waals surface area contributed by atoms with Crippen LogP contribution in [0.5, 0.6) is 0 Å². The van der Waals surface area contributed by atoms with Crippen LogP contribution in [-0.2, 0) is 19.9 Å². The summed E-state index contributed by atoms with van der Waals surface area (Å²) in [5.41, 5.74) is 10.2. The highest BCUT2D eigenvalue weighted by Crippen LogP contribution is 2.33. The molecule has 3 nitrogen and oxygen atoms in total. The molecule has 0 radical (unpaired) electrons. The smallest absolute Gasteiger partial charge is 0.255 e. The van der Waals surface area contributed by atoms with Crippen LogP contribution in [0.3, 0.4) is 0 Å². The van der Waals surface area contributed by atoms with E-state index in [1.54, 1.807) is 0 Å². The van der Waals surface area contributed by atoms with Gasteiger partial charge in [-0.3, -0.25) is 4.98 Å². The topological polar surface area (TPSA) is 21.2 Å². The zero-order chi connectivity index (χ0) is 18.7. The summed E-state index contributed by atoms with van der Waals surface area (Å²) >= 11 is 0. The van der Waals surface area contributed by atoms with Crippen molar-refractivity contribution in [2.45, 2.75) is 33.6 Å². The summed E-state index contributed by atoms with van der Waals surface area (Å²) < 4.78 is 4.80. The van der Waals surface area contributed by atoms with Crippen LogP contribution in [0.2, 0.25) is 0 Å². The third-order valence-electron chi connectivity index (χ3n) is 5.94. The second-order valence-electron chi connectivity index (χ2n) is 7.41. The summed E-state index contributed by atoms with van der Waals surface area (Å²) in [5, 5.41) is 2.48. The number of aryl methyl sites for hydroxylation is 4. The van der Waals surface area contributed by atoms with Crippen LogP contribution >= 0.6 is 0 Å². The minimum Gasteiger partial charge on any atom is -0.255 e. The maximum absolute atomic E-state index is 4.81. The average Bonchev–Trinajstić information content (AvgIpc) is 2.99. The van der Waals surface area contributed by atoms with E-state index in [9.17, 15) is 0 Å². The molecule has 0 saturated heterocycles. The third kappa shape index (κ3) is 2.08. The van der Waals surface area contributed by atoms with Gasteiger partial charge in [0.1, 0.15) is 5.52 Å². The van der Waals surface area contributed by atoms with Gasteiger partial charge in [-0.15, -0.1) is 0 Å². The van der Waals surface area contributed by atoms with Gasteiger partial charge in [0.2, 0.25) is 0 Å². The van der Waals surface area contributed by atoms with Gasteiger partial charge in [-0.1, -0.05) is 32.0 Å². The summed E-state index contributed by atoms with van der Waals surface area (Å²) in [5.74, 6) is 0. The molecule has 134 valence electrons. The SMILES string of the molecule is CCc1ccc2c(c1)n1c3c(CC)cccc3c3nccc(C)c3c1[n+]2C. The molecule has 3 heterocycles. The number of benzene rings is 2. The van der Waals surface area contributed by atoms with E-state index in [0.29, 0.717) is 0 Å². The number of hydrogen-bond donors (Lipinski definition) is 0. The molecule has 0 bridgehead atoms. The van der Waals surface area contributed by atoms with E-state index in [0.717, 1.165) is 18.4 Å². The number of aromatic nitrogens is 3. The van der Waals surface area contributed by atoms with E-state index in [1.165, 1.54) is 49.7 Å². The van der Waals surface area contributed by atoms with Crippen LogP contribution in [0.15, 0.2) is 48.7 Å². The van der Waals surface area contributed by atoms with Crippen LogP contribution in [0, 0.1) is 6.92 Å². The molecule has 0 N–H and O–H groups in total. The zero-order valence-electron chi connectivity index (χ0n) is 16.4. The first-order valence-corrected chi connectivity index (χ1v) is 9.77. The maximum atomic E-state index is 4.81. The molecule has 3 aromatic heterocycles. The Balaban J connectivity index is 2.23. The first-order chi connectivity index (χ1) is 13.2. The van der Waals surface area contributed by atoms with Gasteiger partial charge in [-0.2, -0.15) is 4.40 Å². The summed E-state index contributed by atoms with van der Waals surface area (Å²) in [6.45, 7) is 6.64. The van der Waals surface area contributed by atoms with E-state index < -0.39 is 0 Å². The quantitative estimate of drug-likeness (QED) is 0.321. The van der Waals surface area contributed by atoms with Crippen LogP contribution < -0.4 is 4.57 Å². The fraction of sp³-hybridized carbons (Fsp3) is 0.250. The average molecular weight is 354 g/mol. The Morgan fingerprint density at radius 3 is 2.67 bits per heavy atom. The normalized spacial score (nSPS) is 12.0. The van der Waals surface area contributed by atoms with Crippen molar-refractivity contribution in [3.63, 3.8) is 0 Å². The molecule has 27 heavy (non-hydrogen) atoms. The van der Waals surface area contributed by atoms with E-state index in [4.69, 9.17) is 4.98 Å². The molecule has 0 aliphatic heterocycles. The number of para-hydroxylation sites is 1. The van der Waals surface area contributed by atoms with E-state index in [2.05, 4.69) is 79.3 Å². The highest BCUT2D eigenvalue weighted by atomic mass is 15.1. The molecule has 2 aromatic carbocycles. The Bertz CT molecular complexity index is 1360. The Labute approximate surface area is 158 Å². The molecule has 0 fully saturated rings. The van der Waals surface area contributed by atoms with E-state index in [-0.39, 0.29) is 0 Å². The summed E-state index contributed by atoms with van der Waals surface area (Å²) in [6, 6.07) is 15.6. The lowest BCUT2D eigenvalue weighted by Gasteiger charge is -2.09. The number of hydrogen-bond acceptors (Lipinski definition) is 1. The van der Waals surface area contributed by atoms with Crippen molar-refractivity contribution < 1.29 is 4.57 Å². The van der Waals surface area contributed by atoms with E-state index in [1.807, 2.05) is 6.20 Å². The molecule has 3 heteroatoms. The fourth-order valence-corrected chi connectivity index (χ4v) is 4.51.